The molecule has 5 nitrogen and oxygen atoms in total. The molecule has 3 rings (SSSR count). The molecule has 0 unspecified atom stereocenters. The van der Waals surface area contributed by atoms with Crippen LogP contribution in [0.2, 0.25) is 0 Å². The second kappa shape index (κ2) is 6.70. The van der Waals surface area contributed by atoms with Gasteiger partial charge in [-0.15, -0.1) is 0 Å². The van der Waals surface area contributed by atoms with Gasteiger partial charge in [0, 0.05) is 0 Å². The molecule has 2 aromatic rings. The minimum atomic E-state index is -1.30. The minimum Gasteiger partial charge on any atom is -0.872 e. The van der Waals surface area contributed by atoms with Gasteiger partial charge in [-0.25, -0.2) is 4.79 Å². The van der Waals surface area contributed by atoms with Crippen molar-refractivity contribution in [2.75, 3.05) is 4.90 Å². The number of anilines is 1. The fourth-order valence-corrected chi connectivity index (χ4v) is 3.70. The Morgan fingerprint density at radius 3 is 2.64 bits per heavy atom. The van der Waals surface area contributed by atoms with Crippen LogP contribution in [0.25, 0.3) is 6.08 Å². The highest BCUT2D eigenvalue weighted by Gasteiger charge is 2.33. The lowest BCUT2D eigenvalue weighted by atomic mass is 10.1. The average Bonchev–Trinajstić information content (AvgIpc) is 2.83. The third-order valence-electron chi connectivity index (χ3n) is 3.72. The van der Waals surface area contributed by atoms with Crippen LogP contribution in [0.15, 0.2) is 47.4 Å². The molecule has 0 atom stereocenters. The van der Waals surface area contributed by atoms with E-state index in [1.54, 1.807) is 6.08 Å². The summed E-state index contributed by atoms with van der Waals surface area (Å²) in [7, 11) is 0. The predicted octanol–water partition coefficient (Wildman–Crippen LogP) is 3.17. The molecule has 1 saturated heterocycles. The van der Waals surface area contributed by atoms with Crippen molar-refractivity contribution in [3.63, 3.8) is 0 Å². The summed E-state index contributed by atoms with van der Waals surface area (Å²) in [5, 5.41) is 20.8. The third kappa shape index (κ3) is 3.29. The number of nitrogens with zero attached hydrogens (tertiary/aromatic N) is 1. The molecule has 126 valence electrons. The second-order valence-corrected chi connectivity index (χ2v) is 7.04. The molecule has 1 heterocycles. The first-order valence-corrected chi connectivity index (χ1v) is 8.49. The topological polar surface area (TPSA) is 80.7 Å². The maximum absolute atomic E-state index is 12.7. The molecule has 1 aliphatic rings. The lowest BCUT2D eigenvalue weighted by Crippen LogP contribution is -2.27. The van der Waals surface area contributed by atoms with Crippen LogP contribution in [0.3, 0.4) is 0 Å². The SMILES string of the molecule is Cc1ccccc1/C=C1\SC(=S)N(c2ccc(C(=O)O)c([O-])c2)C1=O. The third-order valence-corrected chi connectivity index (χ3v) is 5.02. The van der Waals surface area contributed by atoms with Gasteiger partial charge in [-0.05, 0) is 42.3 Å². The van der Waals surface area contributed by atoms with Gasteiger partial charge in [-0.2, -0.15) is 0 Å². The number of aromatic carboxylic acids is 1. The van der Waals surface area contributed by atoms with E-state index in [1.807, 2.05) is 31.2 Å². The van der Waals surface area contributed by atoms with E-state index in [9.17, 15) is 14.7 Å². The number of amides is 1. The lowest BCUT2D eigenvalue weighted by molar-refractivity contribution is -0.268. The molecular weight excluding hydrogens is 358 g/mol. The number of hydrogen-bond acceptors (Lipinski definition) is 5. The molecular formula is C18H12NO4S2-. The van der Waals surface area contributed by atoms with E-state index in [1.165, 1.54) is 17.0 Å². The van der Waals surface area contributed by atoms with Crippen LogP contribution in [-0.4, -0.2) is 21.3 Å². The van der Waals surface area contributed by atoms with Gasteiger partial charge in [0.15, 0.2) is 4.32 Å². The number of hydrogen-bond donors (Lipinski definition) is 1. The Labute approximate surface area is 153 Å². The van der Waals surface area contributed by atoms with Gasteiger partial charge in [-0.1, -0.05) is 54.0 Å². The molecule has 0 saturated carbocycles. The van der Waals surface area contributed by atoms with Gasteiger partial charge in [0.05, 0.1) is 16.2 Å². The van der Waals surface area contributed by atoms with E-state index in [0.29, 0.717) is 9.23 Å². The summed E-state index contributed by atoms with van der Waals surface area (Å²) in [6, 6.07) is 11.4. The van der Waals surface area contributed by atoms with E-state index < -0.39 is 11.7 Å². The zero-order valence-electron chi connectivity index (χ0n) is 13.1. The van der Waals surface area contributed by atoms with Crippen LogP contribution in [0.4, 0.5) is 5.69 Å². The summed E-state index contributed by atoms with van der Waals surface area (Å²) >= 11 is 6.41. The van der Waals surface area contributed by atoms with Crippen molar-refractivity contribution in [1.29, 1.82) is 0 Å². The van der Waals surface area contributed by atoms with Gasteiger partial charge in [-0.3, -0.25) is 9.69 Å². The van der Waals surface area contributed by atoms with Crippen molar-refractivity contribution in [2.45, 2.75) is 6.92 Å². The fraction of sp³-hybridized carbons (Fsp3) is 0.0556. The molecule has 1 N–H and O–H groups in total. The normalized spacial score (nSPS) is 15.9. The molecule has 25 heavy (non-hydrogen) atoms. The van der Waals surface area contributed by atoms with E-state index in [0.717, 1.165) is 29.0 Å². The van der Waals surface area contributed by atoms with E-state index in [2.05, 4.69) is 0 Å². The molecule has 0 bridgehead atoms. The fourth-order valence-electron chi connectivity index (χ4n) is 2.41. The molecule has 0 radical (unpaired) electrons. The van der Waals surface area contributed by atoms with E-state index >= 15 is 0 Å². The van der Waals surface area contributed by atoms with Crippen LogP contribution < -0.4 is 10.0 Å². The van der Waals surface area contributed by atoms with Crippen molar-refractivity contribution in [1.82, 2.24) is 0 Å². The first-order valence-electron chi connectivity index (χ1n) is 7.26. The van der Waals surface area contributed by atoms with Crippen molar-refractivity contribution in [3.8, 4) is 5.75 Å². The van der Waals surface area contributed by atoms with E-state index in [-0.39, 0.29) is 17.2 Å². The summed E-state index contributed by atoms with van der Waals surface area (Å²) in [5.41, 5.74) is 1.87. The Hall–Kier alpha value is -2.64. The Morgan fingerprint density at radius 2 is 2.00 bits per heavy atom. The quantitative estimate of drug-likeness (QED) is 0.660. The van der Waals surface area contributed by atoms with Crippen LogP contribution in [0.5, 0.6) is 5.75 Å². The number of carboxylic acid groups (broad SMARTS) is 1. The molecule has 0 spiro atoms. The Bertz CT molecular complexity index is 936. The number of aryl methyl sites for hydroxylation is 1. The number of benzene rings is 2. The Balaban J connectivity index is 1.96. The zero-order chi connectivity index (χ0) is 18.1. The Morgan fingerprint density at radius 1 is 1.28 bits per heavy atom. The van der Waals surface area contributed by atoms with Crippen molar-refractivity contribution in [3.05, 3.63) is 64.1 Å². The number of carboxylic acids is 1. The highest BCUT2D eigenvalue weighted by Crippen LogP contribution is 2.37. The maximum Gasteiger partial charge on any atom is 0.335 e. The predicted molar refractivity (Wildman–Crippen MR) is 99.7 cm³/mol. The first kappa shape index (κ1) is 17.2. The highest BCUT2D eigenvalue weighted by atomic mass is 32.2. The molecule has 0 aliphatic carbocycles. The number of carbonyl (C=O) groups excluding carboxylic acids is 1. The van der Waals surface area contributed by atoms with Gasteiger partial charge >= 0.3 is 5.97 Å². The summed E-state index contributed by atoms with van der Waals surface area (Å²) in [6.07, 6.45) is 1.76. The summed E-state index contributed by atoms with van der Waals surface area (Å²) in [6.45, 7) is 1.95. The smallest absolute Gasteiger partial charge is 0.335 e. The van der Waals surface area contributed by atoms with Gasteiger partial charge in [0.1, 0.15) is 0 Å². The van der Waals surface area contributed by atoms with Gasteiger partial charge in [0.25, 0.3) is 5.91 Å². The summed E-state index contributed by atoms with van der Waals surface area (Å²) in [4.78, 5) is 25.3. The molecule has 1 fully saturated rings. The highest BCUT2D eigenvalue weighted by molar-refractivity contribution is 8.27. The number of thiocarbonyl (C=S) groups is 1. The zero-order valence-corrected chi connectivity index (χ0v) is 14.7. The lowest BCUT2D eigenvalue weighted by Gasteiger charge is -2.18. The largest absolute Gasteiger partial charge is 0.872 e. The first-order chi connectivity index (χ1) is 11.9. The molecule has 2 aromatic carbocycles. The van der Waals surface area contributed by atoms with Crippen LogP contribution in [0.1, 0.15) is 21.5 Å². The van der Waals surface area contributed by atoms with Crippen LogP contribution in [-0.2, 0) is 4.79 Å². The van der Waals surface area contributed by atoms with Gasteiger partial charge < -0.3 is 10.2 Å². The van der Waals surface area contributed by atoms with Crippen molar-refractivity contribution in [2.24, 2.45) is 0 Å². The minimum absolute atomic E-state index is 0.269. The maximum atomic E-state index is 12.7. The summed E-state index contributed by atoms with van der Waals surface area (Å²) < 4.78 is 0.298. The second-order valence-electron chi connectivity index (χ2n) is 5.36. The number of thioether (sulfide) groups is 1. The number of rotatable bonds is 3. The molecule has 1 amide bonds. The molecule has 7 heteroatoms. The van der Waals surface area contributed by atoms with E-state index in [4.69, 9.17) is 17.3 Å². The van der Waals surface area contributed by atoms with Gasteiger partial charge in [0.2, 0.25) is 0 Å². The molecule has 0 aromatic heterocycles. The van der Waals surface area contributed by atoms with Crippen molar-refractivity contribution < 1.29 is 19.8 Å². The average molecular weight is 370 g/mol. The van der Waals surface area contributed by atoms with Crippen LogP contribution >= 0.6 is 24.0 Å². The molecule has 1 aliphatic heterocycles. The number of carbonyl (C=O) groups is 2. The summed E-state index contributed by atoms with van der Waals surface area (Å²) in [5.74, 6) is -2.30. The monoisotopic (exact) mass is 370 g/mol. The Kier molecular flexibility index (Phi) is 4.61. The van der Waals surface area contributed by atoms with Crippen molar-refractivity contribution >= 4 is 51.9 Å². The standard InChI is InChI=1S/C18H13NO4S2/c1-10-4-2-3-5-11(10)8-15-16(21)19(18(24)25-15)12-6-7-13(17(22)23)14(20)9-12/h2-9,20H,1H3,(H,22,23)/p-1/b15-8-. The van der Waals surface area contributed by atoms with Crippen LogP contribution in [0, 0.1) is 6.92 Å².